The van der Waals surface area contributed by atoms with Crippen molar-refractivity contribution in [3.8, 4) is 0 Å². The second kappa shape index (κ2) is 6.39. The molecule has 22 heavy (non-hydrogen) atoms. The lowest BCUT2D eigenvalue weighted by molar-refractivity contribution is 0.0949. The van der Waals surface area contributed by atoms with E-state index in [0.29, 0.717) is 12.1 Å². The number of aromatic nitrogens is 3. The number of fused-ring (bicyclic) bond motifs is 1. The SMILES string of the molecule is CCCn1c(CNC(=O)c2ccncc2)nc2ccccc21. The predicted octanol–water partition coefficient (Wildman–Crippen LogP) is 2.77. The minimum Gasteiger partial charge on any atom is -0.345 e. The Balaban J connectivity index is 1.81. The van der Waals surface area contributed by atoms with E-state index in [-0.39, 0.29) is 5.91 Å². The van der Waals surface area contributed by atoms with Crippen LogP contribution in [-0.2, 0) is 13.1 Å². The fourth-order valence-electron chi connectivity index (χ4n) is 2.50. The van der Waals surface area contributed by atoms with Crippen molar-refractivity contribution in [2.75, 3.05) is 0 Å². The van der Waals surface area contributed by atoms with E-state index in [4.69, 9.17) is 0 Å². The highest BCUT2D eigenvalue weighted by molar-refractivity contribution is 5.93. The number of imidazole rings is 1. The van der Waals surface area contributed by atoms with Crippen molar-refractivity contribution in [2.45, 2.75) is 26.4 Å². The smallest absolute Gasteiger partial charge is 0.251 e. The van der Waals surface area contributed by atoms with Gasteiger partial charge in [0.2, 0.25) is 0 Å². The largest absolute Gasteiger partial charge is 0.345 e. The normalized spacial score (nSPS) is 10.8. The van der Waals surface area contributed by atoms with E-state index in [0.717, 1.165) is 29.8 Å². The third-order valence-corrected chi connectivity index (χ3v) is 3.53. The Morgan fingerprint density at radius 3 is 2.73 bits per heavy atom. The molecule has 0 atom stereocenters. The Morgan fingerprint density at radius 1 is 1.18 bits per heavy atom. The molecular weight excluding hydrogens is 276 g/mol. The highest BCUT2D eigenvalue weighted by Gasteiger charge is 2.11. The molecule has 3 aromatic rings. The number of rotatable bonds is 5. The van der Waals surface area contributed by atoms with Crippen LogP contribution < -0.4 is 5.32 Å². The van der Waals surface area contributed by atoms with Crippen molar-refractivity contribution >= 4 is 16.9 Å². The van der Waals surface area contributed by atoms with Gasteiger partial charge >= 0.3 is 0 Å². The van der Waals surface area contributed by atoms with Crippen LogP contribution in [0.1, 0.15) is 29.5 Å². The van der Waals surface area contributed by atoms with E-state index in [9.17, 15) is 4.79 Å². The van der Waals surface area contributed by atoms with Crippen LogP contribution in [0, 0.1) is 0 Å². The molecule has 0 saturated heterocycles. The van der Waals surface area contributed by atoms with Gasteiger partial charge in [-0.25, -0.2) is 4.98 Å². The first-order valence-corrected chi connectivity index (χ1v) is 7.42. The zero-order valence-electron chi connectivity index (χ0n) is 12.5. The molecule has 2 heterocycles. The Labute approximate surface area is 129 Å². The third kappa shape index (κ3) is 2.83. The molecule has 2 aromatic heterocycles. The maximum absolute atomic E-state index is 12.1. The molecule has 0 aliphatic carbocycles. The Bertz CT molecular complexity index is 780. The van der Waals surface area contributed by atoms with Gasteiger partial charge in [0.15, 0.2) is 0 Å². The molecule has 112 valence electrons. The summed E-state index contributed by atoms with van der Waals surface area (Å²) in [7, 11) is 0. The first kappa shape index (κ1) is 14.3. The van der Waals surface area contributed by atoms with Gasteiger partial charge in [0.05, 0.1) is 17.6 Å². The molecule has 0 radical (unpaired) electrons. The summed E-state index contributed by atoms with van der Waals surface area (Å²) in [6, 6.07) is 11.4. The number of hydrogen-bond acceptors (Lipinski definition) is 3. The number of aryl methyl sites for hydroxylation is 1. The van der Waals surface area contributed by atoms with Crippen molar-refractivity contribution in [1.29, 1.82) is 0 Å². The number of benzene rings is 1. The van der Waals surface area contributed by atoms with Crippen LogP contribution >= 0.6 is 0 Å². The van der Waals surface area contributed by atoms with E-state index >= 15 is 0 Å². The van der Waals surface area contributed by atoms with Crippen molar-refractivity contribution < 1.29 is 4.79 Å². The van der Waals surface area contributed by atoms with Crippen LogP contribution in [0.25, 0.3) is 11.0 Å². The lowest BCUT2D eigenvalue weighted by Crippen LogP contribution is -2.24. The van der Waals surface area contributed by atoms with Crippen molar-refractivity contribution in [3.63, 3.8) is 0 Å². The molecule has 1 aromatic carbocycles. The fourth-order valence-corrected chi connectivity index (χ4v) is 2.50. The Morgan fingerprint density at radius 2 is 1.95 bits per heavy atom. The summed E-state index contributed by atoms with van der Waals surface area (Å²) >= 11 is 0. The first-order valence-electron chi connectivity index (χ1n) is 7.42. The first-order chi connectivity index (χ1) is 10.8. The van der Waals surface area contributed by atoms with E-state index in [1.807, 2.05) is 18.2 Å². The van der Waals surface area contributed by atoms with Crippen LogP contribution in [0.15, 0.2) is 48.8 Å². The highest BCUT2D eigenvalue weighted by atomic mass is 16.1. The summed E-state index contributed by atoms with van der Waals surface area (Å²) in [6.45, 7) is 3.44. The average molecular weight is 294 g/mol. The number of hydrogen-bond donors (Lipinski definition) is 1. The number of nitrogens with zero attached hydrogens (tertiary/aromatic N) is 3. The zero-order valence-corrected chi connectivity index (χ0v) is 12.5. The van der Waals surface area contributed by atoms with Crippen LogP contribution in [-0.4, -0.2) is 20.4 Å². The molecule has 0 unspecified atom stereocenters. The maximum Gasteiger partial charge on any atom is 0.251 e. The van der Waals surface area contributed by atoms with E-state index in [1.54, 1.807) is 24.5 Å². The molecule has 5 heteroatoms. The summed E-state index contributed by atoms with van der Waals surface area (Å²) in [5.74, 6) is 0.767. The molecule has 0 fully saturated rings. The minimum absolute atomic E-state index is 0.113. The molecule has 3 rings (SSSR count). The second-order valence-electron chi connectivity index (χ2n) is 5.09. The van der Waals surface area contributed by atoms with Crippen molar-refractivity contribution in [3.05, 3.63) is 60.2 Å². The number of carbonyl (C=O) groups excluding carboxylic acids is 1. The Hall–Kier alpha value is -2.69. The average Bonchev–Trinajstić information content (AvgIpc) is 2.92. The van der Waals surface area contributed by atoms with E-state index in [1.165, 1.54) is 0 Å². The molecule has 0 aliphatic rings. The topological polar surface area (TPSA) is 59.8 Å². The summed E-state index contributed by atoms with van der Waals surface area (Å²) < 4.78 is 2.17. The molecule has 0 bridgehead atoms. The van der Waals surface area contributed by atoms with Gasteiger partial charge in [-0.2, -0.15) is 0 Å². The monoisotopic (exact) mass is 294 g/mol. The summed E-state index contributed by atoms with van der Waals surface area (Å²) in [6.07, 6.45) is 4.24. The number of nitrogens with one attached hydrogen (secondary N) is 1. The second-order valence-corrected chi connectivity index (χ2v) is 5.09. The molecule has 0 saturated carbocycles. The van der Waals surface area contributed by atoms with Gasteiger partial charge in [0.25, 0.3) is 5.91 Å². The van der Waals surface area contributed by atoms with Gasteiger partial charge in [0, 0.05) is 24.5 Å². The molecule has 1 amide bonds. The molecule has 5 nitrogen and oxygen atoms in total. The number of carbonyl (C=O) groups is 1. The van der Waals surface area contributed by atoms with Gasteiger partial charge in [-0.05, 0) is 30.7 Å². The lowest BCUT2D eigenvalue weighted by atomic mass is 10.2. The zero-order chi connectivity index (χ0) is 15.4. The van der Waals surface area contributed by atoms with E-state index in [2.05, 4.69) is 32.8 Å². The van der Waals surface area contributed by atoms with Gasteiger partial charge < -0.3 is 9.88 Å². The van der Waals surface area contributed by atoms with Gasteiger partial charge in [0.1, 0.15) is 5.82 Å². The van der Waals surface area contributed by atoms with Gasteiger partial charge in [-0.3, -0.25) is 9.78 Å². The fraction of sp³-hybridized carbons (Fsp3) is 0.235. The van der Waals surface area contributed by atoms with Crippen LogP contribution in [0.5, 0.6) is 0 Å². The Kier molecular flexibility index (Phi) is 4.14. The van der Waals surface area contributed by atoms with Gasteiger partial charge in [-0.15, -0.1) is 0 Å². The van der Waals surface area contributed by atoms with Crippen LogP contribution in [0.4, 0.5) is 0 Å². The highest BCUT2D eigenvalue weighted by Crippen LogP contribution is 2.16. The molecular formula is C17H18N4O. The quantitative estimate of drug-likeness (QED) is 0.787. The van der Waals surface area contributed by atoms with Gasteiger partial charge in [-0.1, -0.05) is 19.1 Å². The standard InChI is InChI=1S/C17H18N4O/c1-2-11-21-15-6-4-3-5-14(15)20-16(21)12-19-17(22)13-7-9-18-10-8-13/h3-10H,2,11-12H2,1H3,(H,19,22). The van der Waals surface area contributed by atoms with E-state index < -0.39 is 0 Å². The molecule has 0 aliphatic heterocycles. The van der Waals surface area contributed by atoms with Crippen LogP contribution in [0.2, 0.25) is 0 Å². The molecule has 0 spiro atoms. The van der Waals surface area contributed by atoms with Crippen molar-refractivity contribution in [1.82, 2.24) is 19.9 Å². The summed E-state index contributed by atoms with van der Waals surface area (Å²) in [4.78, 5) is 20.7. The summed E-state index contributed by atoms with van der Waals surface area (Å²) in [5.41, 5.74) is 2.68. The van der Waals surface area contributed by atoms with Crippen LogP contribution in [0.3, 0.4) is 0 Å². The number of amides is 1. The van der Waals surface area contributed by atoms with Crippen molar-refractivity contribution in [2.24, 2.45) is 0 Å². The number of para-hydroxylation sites is 2. The minimum atomic E-state index is -0.113. The molecule has 1 N–H and O–H groups in total. The predicted molar refractivity (Wildman–Crippen MR) is 85.4 cm³/mol. The maximum atomic E-state index is 12.1. The number of pyridine rings is 1. The summed E-state index contributed by atoms with van der Waals surface area (Å²) in [5, 5.41) is 2.92. The third-order valence-electron chi connectivity index (χ3n) is 3.53. The lowest BCUT2D eigenvalue weighted by Gasteiger charge is -2.09.